The topological polar surface area (TPSA) is 66.6 Å². The minimum absolute atomic E-state index is 0.393. The van der Waals surface area contributed by atoms with E-state index >= 15 is 0 Å². The van der Waals surface area contributed by atoms with Crippen LogP contribution in [0.4, 0.5) is 0 Å². The Bertz CT molecular complexity index is 727. The summed E-state index contributed by atoms with van der Waals surface area (Å²) < 4.78 is 0.638. The Morgan fingerprint density at radius 2 is 2.00 bits per heavy atom. The molecular weight excluding hydrogens is 300 g/mol. The fraction of sp³-hybridized carbons (Fsp3) is 0.250. The van der Waals surface area contributed by atoms with E-state index in [4.69, 9.17) is 0 Å². The molecule has 0 unspecified atom stereocenters. The summed E-state index contributed by atoms with van der Waals surface area (Å²) in [5.74, 6) is -0.427. The first-order valence-corrected chi connectivity index (χ1v) is 7.82. The number of Topliss-reactive ketones (excluding diaryl/α,β-unsaturated/α-hetero) is 1. The van der Waals surface area contributed by atoms with Crippen molar-refractivity contribution in [2.45, 2.75) is 25.6 Å². The Morgan fingerprint density at radius 3 is 2.59 bits per heavy atom. The molecule has 1 aliphatic rings. The molecule has 1 aromatic heterocycles. The fourth-order valence-corrected chi connectivity index (χ4v) is 3.61. The lowest BCUT2D eigenvalue weighted by atomic mass is 10.00. The van der Waals surface area contributed by atoms with Gasteiger partial charge in [0.25, 0.3) is 5.78 Å². The molecule has 1 aliphatic heterocycles. The first kappa shape index (κ1) is 14.9. The molecule has 6 heteroatoms. The van der Waals surface area contributed by atoms with E-state index in [1.807, 2.05) is 17.5 Å². The van der Waals surface area contributed by atoms with E-state index in [-0.39, 0.29) is 0 Å². The maximum absolute atomic E-state index is 12.8. The third kappa shape index (κ3) is 1.99. The molecule has 2 atom stereocenters. The Balaban J connectivity index is 2.11. The third-order valence-electron chi connectivity index (χ3n) is 4.06. The average Bonchev–Trinajstić information content (AvgIpc) is 3.12. The second-order valence-corrected chi connectivity index (χ2v) is 6.34. The number of hydrogen-bond acceptors (Lipinski definition) is 5. The van der Waals surface area contributed by atoms with Crippen LogP contribution in [-0.2, 0) is 0 Å². The van der Waals surface area contributed by atoms with Crippen LogP contribution >= 0.6 is 11.3 Å². The number of ketones is 1. The first-order valence-electron chi connectivity index (χ1n) is 6.94. The lowest BCUT2D eigenvalue weighted by Gasteiger charge is -2.27. The van der Waals surface area contributed by atoms with Crippen molar-refractivity contribution in [1.82, 2.24) is 5.06 Å². The number of hydrogen-bond donors (Lipinski definition) is 1. The molecule has 22 heavy (non-hydrogen) atoms. The number of nitrogens with zero attached hydrogens (tertiary/aromatic N) is 2. The van der Waals surface area contributed by atoms with Gasteiger partial charge in [-0.2, -0.15) is 4.74 Å². The molecular formula is C16H16N2O3S. The van der Waals surface area contributed by atoms with Crippen LogP contribution < -0.4 is 0 Å². The zero-order chi connectivity index (χ0) is 15.9. The van der Waals surface area contributed by atoms with Gasteiger partial charge in [0.2, 0.25) is 5.71 Å². The smallest absolute Gasteiger partial charge is 0.312 e. The summed E-state index contributed by atoms with van der Waals surface area (Å²) >= 11 is 1.41. The second-order valence-electron chi connectivity index (χ2n) is 5.39. The van der Waals surface area contributed by atoms with E-state index in [0.29, 0.717) is 16.0 Å². The summed E-state index contributed by atoms with van der Waals surface area (Å²) in [4.78, 5) is 13.6. The van der Waals surface area contributed by atoms with E-state index in [1.165, 1.54) is 18.3 Å². The second kappa shape index (κ2) is 5.31. The van der Waals surface area contributed by atoms with Crippen LogP contribution in [0.3, 0.4) is 0 Å². The summed E-state index contributed by atoms with van der Waals surface area (Å²) in [6.45, 7) is 3.16. The van der Waals surface area contributed by atoms with Gasteiger partial charge >= 0.3 is 5.66 Å². The van der Waals surface area contributed by atoms with Crippen LogP contribution in [0.5, 0.6) is 0 Å². The van der Waals surface area contributed by atoms with Gasteiger partial charge in [-0.05, 0) is 18.4 Å². The van der Waals surface area contributed by atoms with Crippen LogP contribution in [0.25, 0.3) is 0 Å². The molecule has 2 aromatic rings. The highest BCUT2D eigenvalue weighted by molar-refractivity contribution is 7.12. The van der Waals surface area contributed by atoms with Crippen molar-refractivity contribution in [3.8, 4) is 0 Å². The maximum atomic E-state index is 12.8. The largest absolute Gasteiger partial charge is 0.622 e. The van der Waals surface area contributed by atoms with Gasteiger partial charge in [-0.25, -0.2) is 0 Å². The monoisotopic (exact) mass is 316 g/mol. The lowest BCUT2D eigenvalue weighted by Crippen LogP contribution is -2.54. The lowest BCUT2D eigenvalue weighted by molar-refractivity contribution is -0.561. The molecule has 0 bridgehead atoms. The summed E-state index contributed by atoms with van der Waals surface area (Å²) in [6.07, 6.45) is 0. The van der Waals surface area contributed by atoms with Gasteiger partial charge in [0.15, 0.2) is 0 Å². The number of rotatable bonds is 3. The van der Waals surface area contributed by atoms with Crippen molar-refractivity contribution < 1.29 is 14.7 Å². The van der Waals surface area contributed by atoms with Crippen molar-refractivity contribution in [3.63, 3.8) is 0 Å². The van der Waals surface area contributed by atoms with Crippen molar-refractivity contribution >= 4 is 22.8 Å². The Hall–Kier alpha value is -2.02. The van der Waals surface area contributed by atoms with Crippen molar-refractivity contribution in [1.29, 1.82) is 0 Å². The normalized spacial score (nSPS) is 25.7. The number of carbonyl (C=O) groups excluding carboxylic acids is 1. The van der Waals surface area contributed by atoms with E-state index in [9.17, 15) is 15.2 Å². The molecule has 0 spiro atoms. The van der Waals surface area contributed by atoms with Crippen LogP contribution in [-0.4, -0.2) is 38.2 Å². The van der Waals surface area contributed by atoms with Gasteiger partial charge in [0.05, 0.1) is 4.88 Å². The summed E-state index contributed by atoms with van der Waals surface area (Å²) in [5, 5.41) is 26.0. The average molecular weight is 316 g/mol. The molecule has 0 radical (unpaired) electrons. The Morgan fingerprint density at radius 1 is 1.32 bits per heavy atom. The van der Waals surface area contributed by atoms with E-state index in [1.54, 1.807) is 37.3 Å². The van der Waals surface area contributed by atoms with Crippen LogP contribution in [0, 0.1) is 5.21 Å². The number of thiophene rings is 1. The molecule has 0 fully saturated rings. The Kier molecular flexibility index (Phi) is 3.60. The van der Waals surface area contributed by atoms with Gasteiger partial charge < -0.3 is 10.4 Å². The van der Waals surface area contributed by atoms with Gasteiger partial charge in [0, 0.05) is 12.5 Å². The quantitative estimate of drug-likeness (QED) is 0.537. The van der Waals surface area contributed by atoms with Crippen LogP contribution in [0.15, 0.2) is 47.8 Å². The number of carbonyl (C=O) groups is 1. The van der Waals surface area contributed by atoms with E-state index in [2.05, 4.69) is 0 Å². The molecule has 0 aliphatic carbocycles. The standard InChI is InChI=1S/C16H16N2O3S/c1-11-14(13-9-6-10-22-13)18(21)16(2,17(11)20)15(19)12-7-4-3-5-8-12/h3-11,20H,1-2H3/t11-,16+/m1/s1. The SMILES string of the molecule is C[C@@H]1C(c2cccs2)=[N+]([O-])[C@@](C)(C(=O)c2ccccc2)N1O. The van der Waals surface area contributed by atoms with Crippen LogP contribution in [0.1, 0.15) is 29.1 Å². The molecule has 5 nitrogen and oxygen atoms in total. The Labute approximate surface area is 132 Å². The van der Waals surface area contributed by atoms with E-state index in [0.717, 1.165) is 9.94 Å². The first-order chi connectivity index (χ1) is 10.5. The van der Waals surface area contributed by atoms with Gasteiger partial charge in [-0.15, -0.1) is 16.4 Å². The highest BCUT2D eigenvalue weighted by atomic mass is 32.1. The van der Waals surface area contributed by atoms with Crippen molar-refractivity contribution in [3.05, 3.63) is 63.5 Å². The minimum Gasteiger partial charge on any atom is -0.622 e. The molecule has 1 aromatic carbocycles. The minimum atomic E-state index is -1.67. The van der Waals surface area contributed by atoms with Crippen LogP contribution in [0.2, 0.25) is 0 Å². The predicted molar refractivity (Wildman–Crippen MR) is 84.3 cm³/mol. The fourth-order valence-electron chi connectivity index (χ4n) is 2.78. The number of benzene rings is 1. The molecule has 1 N–H and O–H groups in total. The zero-order valence-electron chi connectivity index (χ0n) is 12.3. The molecule has 114 valence electrons. The number of hydroxylamine groups is 3. The van der Waals surface area contributed by atoms with Crippen molar-refractivity contribution in [2.24, 2.45) is 0 Å². The molecule has 2 heterocycles. The maximum Gasteiger partial charge on any atom is 0.312 e. The summed E-state index contributed by atoms with van der Waals surface area (Å²) in [5.41, 5.74) is -0.867. The molecule has 0 saturated carbocycles. The molecule has 3 rings (SSSR count). The third-order valence-corrected chi connectivity index (χ3v) is 4.96. The summed E-state index contributed by atoms with van der Waals surface area (Å²) in [7, 11) is 0. The van der Waals surface area contributed by atoms with Gasteiger partial charge in [-0.1, -0.05) is 36.4 Å². The zero-order valence-corrected chi connectivity index (χ0v) is 13.1. The molecule has 0 saturated heterocycles. The van der Waals surface area contributed by atoms with Gasteiger partial charge in [0.1, 0.15) is 6.04 Å². The molecule has 0 amide bonds. The highest BCUT2D eigenvalue weighted by Crippen LogP contribution is 2.32. The predicted octanol–water partition coefficient (Wildman–Crippen LogP) is 2.74. The van der Waals surface area contributed by atoms with E-state index < -0.39 is 17.5 Å². The summed E-state index contributed by atoms with van der Waals surface area (Å²) in [6, 6.07) is 11.6. The van der Waals surface area contributed by atoms with Gasteiger partial charge in [-0.3, -0.25) is 4.79 Å². The highest BCUT2D eigenvalue weighted by Gasteiger charge is 2.58. The van der Waals surface area contributed by atoms with Crippen molar-refractivity contribution in [2.75, 3.05) is 0 Å².